The van der Waals surface area contributed by atoms with Gasteiger partial charge in [-0.1, -0.05) is 18.5 Å². The van der Waals surface area contributed by atoms with Gasteiger partial charge in [0.25, 0.3) is 5.56 Å². The first-order valence-corrected chi connectivity index (χ1v) is 9.82. The van der Waals surface area contributed by atoms with Gasteiger partial charge in [0, 0.05) is 34.2 Å². The first-order valence-electron chi connectivity index (χ1n) is 9.03. The molecule has 142 valence electrons. The van der Waals surface area contributed by atoms with Gasteiger partial charge in [0.2, 0.25) is 5.88 Å². The number of nitrogens with zero attached hydrogens (tertiary/aromatic N) is 1. The highest BCUT2D eigenvalue weighted by Crippen LogP contribution is 2.36. The standard InChI is InChI=1S/C19H21ClN4O2S/c1-3-9(2)24-18(26)14(17(25)23-19(24)27)16-15-11(6-7-21-16)12-8-10(20)4-5-13(12)22-15/h4-5,8-9,16,21-22,26H,3,6-7H2,1-2H3,(H,23,25,27)/t9-,16+/m0/s1. The fraction of sp³-hybridized carbons (Fsp3) is 0.368. The van der Waals surface area contributed by atoms with Gasteiger partial charge in [-0.15, -0.1) is 0 Å². The maximum atomic E-state index is 12.7. The predicted octanol–water partition coefficient (Wildman–Crippen LogP) is 3.95. The van der Waals surface area contributed by atoms with Crippen molar-refractivity contribution < 1.29 is 5.11 Å². The molecule has 3 aromatic rings. The molecule has 6 nitrogen and oxygen atoms in total. The number of hydrogen-bond acceptors (Lipinski definition) is 4. The van der Waals surface area contributed by atoms with Crippen molar-refractivity contribution >= 4 is 34.7 Å². The largest absolute Gasteiger partial charge is 0.494 e. The van der Waals surface area contributed by atoms with Crippen LogP contribution in [0.3, 0.4) is 0 Å². The molecule has 0 aliphatic carbocycles. The highest BCUT2D eigenvalue weighted by Gasteiger charge is 2.31. The molecule has 2 atom stereocenters. The Labute approximate surface area is 166 Å². The summed E-state index contributed by atoms with van der Waals surface area (Å²) in [7, 11) is 0. The van der Waals surface area contributed by atoms with E-state index in [0.29, 0.717) is 11.6 Å². The lowest BCUT2D eigenvalue weighted by atomic mass is 9.95. The zero-order valence-electron chi connectivity index (χ0n) is 15.1. The second-order valence-corrected chi connectivity index (χ2v) is 7.79. The lowest BCUT2D eigenvalue weighted by Gasteiger charge is -2.26. The van der Waals surface area contributed by atoms with Crippen molar-refractivity contribution in [2.75, 3.05) is 6.54 Å². The minimum atomic E-state index is -0.449. The van der Waals surface area contributed by atoms with Crippen LogP contribution in [-0.2, 0) is 6.42 Å². The number of rotatable bonds is 3. The molecular formula is C19H21ClN4O2S. The lowest BCUT2D eigenvalue weighted by Crippen LogP contribution is -2.35. The van der Waals surface area contributed by atoms with Crippen molar-refractivity contribution in [2.45, 2.75) is 38.8 Å². The summed E-state index contributed by atoms with van der Waals surface area (Å²) in [5.41, 5.74) is 2.87. The van der Waals surface area contributed by atoms with Crippen LogP contribution in [0.1, 0.15) is 49.2 Å². The number of nitrogens with one attached hydrogen (secondary N) is 3. The van der Waals surface area contributed by atoms with Gasteiger partial charge in [-0.25, -0.2) is 0 Å². The summed E-state index contributed by atoms with van der Waals surface area (Å²) >= 11 is 11.5. The highest BCUT2D eigenvalue weighted by atomic mass is 35.5. The summed E-state index contributed by atoms with van der Waals surface area (Å²) in [6, 6.07) is 5.22. The van der Waals surface area contributed by atoms with Crippen molar-refractivity contribution in [3.63, 3.8) is 0 Å². The number of aromatic nitrogens is 3. The van der Waals surface area contributed by atoms with Gasteiger partial charge < -0.3 is 15.4 Å². The first-order chi connectivity index (χ1) is 12.9. The summed E-state index contributed by atoms with van der Waals surface area (Å²) < 4.78 is 1.84. The van der Waals surface area contributed by atoms with E-state index in [2.05, 4.69) is 15.3 Å². The Balaban J connectivity index is 1.96. The fourth-order valence-corrected chi connectivity index (χ4v) is 4.38. The Morgan fingerprint density at radius 3 is 2.93 bits per heavy atom. The minimum Gasteiger partial charge on any atom is -0.494 e. The van der Waals surface area contributed by atoms with Crippen LogP contribution < -0.4 is 10.9 Å². The van der Waals surface area contributed by atoms with E-state index >= 15 is 0 Å². The van der Waals surface area contributed by atoms with Crippen molar-refractivity contribution in [3.05, 3.63) is 55.2 Å². The smallest absolute Gasteiger partial charge is 0.260 e. The molecule has 0 fully saturated rings. The van der Waals surface area contributed by atoms with Crippen LogP contribution in [0.15, 0.2) is 23.0 Å². The molecule has 3 heterocycles. The van der Waals surface area contributed by atoms with Crippen LogP contribution in [0, 0.1) is 4.77 Å². The zero-order chi connectivity index (χ0) is 19.3. The monoisotopic (exact) mass is 404 g/mol. The van der Waals surface area contributed by atoms with E-state index in [1.807, 2.05) is 32.0 Å². The second kappa shape index (κ2) is 6.82. The summed E-state index contributed by atoms with van der Waals surface area (Å²) in [4.78, 5) is 18.9. The Bertz CT molecular complexity index is 1150. The Morgan fingerprint density at radius 1 is 1.41 bits per heavy atom. The molecule has 1 aliphatic heterocycles. The molecule has 0 unspecified atom stereocenters. The Morgan fingerprint density at radius 2 is 2.19 bits per heavy atom. The van der Waals surface area contributed by atoms with Gasteiger partial charge in [-0.05, 0) is 55.7 Å². The molecular weight excluding hydrogens is 384 g/mol. The van der Waals surface area contributed by atoms with Crippen molar-refractivity contribution in [2.24, 2.45) is 0 Å². The van der Waals surface area contributed by atoms with Gasteiger partial charge in [-0.3, -0.25) is 14.3 Å². The number of hydrogen-bond donors (Lipinski definition) is 4. The maximum Gasteiger partial charge on any atom is 0.260 e. The molecule has 8 heteroatoms. The van der Waals surface area contributed by atoms with Crippen molar-refractivity contribution in [3.8, 4) is 5.88 Å². The SMILES string of the molecule is CC[C@H](C)n1c(O)c([C@H]2NCCc3c2[nH]c2ccc(Cl)cc32)c(=O)[nH]c1=S. The van der Waals surface area contributed by atoms with Gasteiger partial charge >= 0.3 is 0 Å². The van der Waals surface area contributed by atoms with E-state index < -0.39 is 6.04 Å². The molecule has 0 radical (unpaired) electrons. The van der Waals surface area contributed by atoms with Gasteiger partial charge in [-0.2, -0.15) is 0 Å². The fourth-order valence-electron chi connectivity index (χ4n) is 3.85. The van der Waals surface area contributed by atoms with E-state index in [4.69, 9.17) is 23.8 Å². The second-order valence-electron chi connectivity index (χ2n) is 6.97. The van der Waals surface area contributed by atoms with Crippen molar-refractivity contribution in [1.82, 2.24) is 19.9 Å². The van der Waals surface area contributed by atoms with E-state index in [-0.39, 0.29) is 27.8 Å². The van der Waals surface area contributed by atoms with Gasteiger partial charge in [0.1, 0.15) is 5.56 Å². The molecule has 1 aromatic carbocycles. The average Bonchev–Trinajstić information content (AvgIpc) is 3.00. The molecule has 0 bridgehead atoms. The Kier molecular flexibility index (Phi) is 4.61. The van der Waals surface area contributed by atoms with E-state index in [9.17, 15) is 9.90 Å². The number of fused-ring (bicyclic) bond motifs is 3. The summed E-state index contributed by atoms with van der Waals surface area (Å²) in [6.45, 7) is 4.66. The third-order valence-electron chi connectivity index (χ3n) is 5.39. The number of benzene rings is 1. The molecule has 0 saturated carbocycles. The van der Waals surface area contributed by atoms with Crippen LogP contribution in [-0.4, -0.2) is 26.2 Å². The van der Waals surface area contributed by atoms with Crippen LogP contribution in [0.2, 0.25) is 5.02 Å². The summed E-state index contributed by atoms with van der Waals surface area (Å²) in [5.74, 6) is -0.0832. The molecule has 0 saturated heterocycles. The van der Waals surface area contributed by atoms with Gasteiger partial charge in [0.05, 0.1) is 6.04 Å². The third-order valence-corrected chi connectivity index (χ3v) is 5.92. The molecule has 2 aromatic heterocycles. The molecule has 1 aliphatic rings. The summed E-state index contributed by atoms with van der Waals surface area (Å²) in [6.07, 6.45) is 1.59. The first kappa shape index (κ1) is 18.3. The summed E-state index contributed by atoms with van der Waals surface area (Å²) in [5, 5.41) is 16.0. The van der Waals surface area contributed by atoms with Crippen LogP contribution in [0.5, 0.6) is 5.88 Å². The number of halogens is 1. The maximum absolute atomic E-state index is 12.7. The number of aromatic hydroxyl groups is 1. The van der Waals surface area contributed by atoms with E-state index in [1.54, 1.807) is 4.57 Å². The Hall–Kier alpha value is -2.09. The molecule has 0 spiro atoms. The van der Waals surface area contributed by atoms with Crippen LogP contribution >= 0.6 is 23.8 Å². The van der Waals surface area contributed by atoms with Crippen molar-refractivity contribution in [1.29, 1.82) is 0 Å². The zero-order valence-corrected chi connectivity index (χ0v) is 16.7. The molecule has 0 amide bonds. The molecule has 4 N–H and O–H groups in total. The van der Waals surface area contributed by atoms with Gasteiger partial charge in [0.15, 0.2) is 4.77 Å². The van der Waals surface area contributed by atoms with Crippen LogP contribution in [0.25, 0.3) is 10.9 Å². The normalized spacial score (nSPS) is 17.8. The predicted molar refractivity (Wildman–Crippen MR) is 109 cm³/mol. The minimum absolute atomic E-state index is 0.0299. The molecule has 27 heavy (non-hydrogen) atoms. The average molecular weight is 405 g/mol. The molecule has 4 rings (SSSR count). The van der Waals surface area contributed by atoms with Crippen LogP contribution in [0.4, 0.5) is 0 Å². The van der Waals surface area contributed by atoms with E-state index in [0.717, 1.165) is 35.0 Å². The number of H-pyrrole nitrogens is 2. The quantitative estimate of drug-likeness (QED) is 0.498. The van der Waals surface area contributed by atoms with E-state index in [1.165, 1.54) is 0 Å². The highest BCUT2D eigenvalue weighted by molar-refractivity contribution is 7.71. The lowest BCUT2D eigenvalue weighted by molar-refractivity contribution is 0.358. The number of aromatic amines is 2. The topological polar surface area (TPSA) is 85.8 Å². The third kappa shape index (κ3) is 2.90.